The monoisotopic (exact) mass is 419 g/mol. The largest absolute Gasteiger partial charge is 0.486 e. The molecule has 0 N–H and O–H groups in total. The van der Waals surface area contributed by atoms with Crippen molar-refractivity contribution in [3.8, 4) is 17.2 Å². The molecule has 0 radical (unpaired) electrons. The van der Waals surface area contributed by atoms with Crippen molar-refractivity contribution in [3.05, 3.63) is 76.1 Å². The van der Waals surface area contributed by atoms with Crippen LogP contribution in [0.5, 0.6) is 11.5 Å². The van der Waals surface area contributed by atoms with E-state index in [1.54, 1.807) is 18.2 Å². The van der Waals surface area contributed by atoms with E-state index in [2.05, 4.69) is 26.0 Å². The Morgan fingerprint density at radius 2 is 1.65 bits per heavy atom. The molecule has 0 fully saturated rings. The van der Waals surface area contributed by atoms with Crippen LogP contribution in [0, 0.1) is 27.7 Å². The number of carbonyl (C=O) groups excluding carboxylic acids is 2. The molecule has 0 bridgehead atoms. The van der Waals surface area contributed by atoms with E-state index in [1.165, 1.54) is 11.1 Å². The van der Waals surface area contributed by atoms with Gasteiger partial charge in [-0.3, -0.25) is 4.79 Å². The summed E-state index contributed by atoms with van der Waals surface area (Å²) in [6, 6.07) is 12.9. The number of esters is 1. The van der Waals surface area contributed by atoms with Crippen LogP contribution in [-0.2, 0) is 4.74 Å². The van der Waals surface area contributed by atoms with Crippen molar-refractivity contribution in [2.24, 2.45) is 0 Å². The number of ether oxygens (including phenoxy) is 3. The van der Waals surface area contributed by atoms with Crippen LogP contribution in [0.2, 0.25) is 0 Å². The van der Waals surface area contributed by atoms with Gasteiger partial charge >= 0.3 is 5.97 Å². The van der Waals surface area contributed by atoms with Gasteiger partial charge in [-0.15, -0.1) is 0 Å². The van der Waals surface area contributed by atoms with Crippen LogP contribution < -0.4 is 9.47 Å². The van der Waals surface area contributed by atoms with Gasteiger partial charge < -0.3 is 18.8 Å². The molecule has 0 atom stereocenters. The summed E-state index contributed by atoms with van der Waals surface area (Å²) in [6.07, 6.45) is 0. The van der Waals surface area contributed by atoms with E-state index in [-0.39, 0.29) is 12.4 Å². The number of hydrogen-bond acceptors (Lipinski definition) is 5. The van der Waals surface area contributed by atoms with E-state index in [0.717, 1.165) is 17.1 Å². The third-order valence-corrected chi connectivity index (χ3v) is 5.59. The average Bonchev–Trinajstić information content (AvgIpc) is 3.07. The quantitative estimate of drug-likeness (QED) is 0.449. The molecule has 4 rings (SSSR count). The lowest BCUT2D eigenvalue weighted by Gasteiger charge is -2.18. The molecular weight excluding hydrogens is 394 g/mol. The van der Waals surface area contributed by atoms with Gasteiger partial charge in [-0.05, 0) is 75.2 Å². The molecule has 160 valence electrons. The normalized spacial score (nSPS) is 12.5. The minimum absolute atomic E-state index is 0.242. The second-order valence-corrected chi connectivity index (χ2v) is 7.75. The molecule has 31 heavy (non-hydrogen) atoms. The Morgan fingerprint density at radius 3 is 2.39 bits per heavy atom. The molecule has 1 aliphatic rings. The van der Waals surface area contributed by atoms with Crippen molar-refractivity contribution < 1.29 is 23.8 Å². The average molecular weight is 419 g/mol. The van der Waals surface area contributed by atoms with Crippen LogP contribution in [-0.4, -0.2) is 36.1 Å². The third kappa shape index (κ3) is 4.06. The molecule has 6 heteroatoms. The highest BCUT2D eigenvalue weighted by molar-refractivity contribution is 6.00. The molecule has 0 amide bonds. The molecule has 0 aliphatic carbocycles. The number of fused-ring (bicyclic) bond motifs is 1. The van der Waals surface area contributed by atoms with Gasteiger partial charge in [0.2, 0.25) is 5.78 Å². The number of carbonyl (C=O) groups is 2. The Bertz CT molecular complexity index is 1170. The number of rotatable bonds is 5. The van der Waals surface area contributed by atoms with Crippen molar-refractivity contribution in [3.63, 3.8) is 0 Å². The maximum atomic E-state index is 12.8. The van der Waals surface area contributed by atoms with Gasteiger partial charge in [-0.25, -0.2) is 4.79 Å². The van der Waals surface area contributed by atoms with E-state index in [4.69, 9.17) is 14.2 Å². The fraction of sp³-hybridized carbons (Fsp3) is 0.280. The highest BCUT2D eigenvalue weighted by Gasteiger charge is 2.20. The highest BCUT2D eigenvalue weighted by Crippen LogP contribution is 2.31. The summed E-state index contributed by atoms with van der Waals surface area (Å²) < 4.78 is 18.3. The SMILES string of the molecule is Cc1ccc(-n2c(C)cc(C(=O)COC(=O)c3ccc4c(c3)OCCO4)c2C)cc1C. The Balaban J connectivity index is 1.49. The van der Waals surface area contributed by atoms with Crippen molar-refractivity contribution in [1.29, 1.82) is 0 Å². The number of aryl methyl sites for hydroxylation is 3. The van der Waals surface area contributed by atoms with Crippen LogP contribution in [0.25, 0.3) is 5.69 Å². The summed E-state index contributed by atoms with van der Waals surface area (Å²) in [6.45, 7) is 8.57. The smallest absolute Gasteiger partial charge is 0.338 e. The minimum atomic E-state index is -0.576. The first-order valence-corrected chi connectivity index (χ1v) is 10.2. The van der Waals surface area contributed by atoms with Gasteiger partial charge in [-0.1, -0.05) is 6.07 Å². The van der Waals surface area contributed by atoms with Gasteiger partial charge in [0.1, 0.15) is 13.2 Å². The zero-order valence-corrected chi connectivity index (χ0v) is 18.2. The first-order valence-electron chi connectivity index (χ1n) is 10.2. The Morgan fingerprint density at radius 1 is 0.903 bits per heavy atom. The number of nitrogens with zero attached hydrogens (tertiary/aromatic N) is 1. The molecule has 1 aliphatic heterocycles. The summed E-state index contributed by atoms with van der Waals surface area (Å²) in [4.78, 5) is 25.3. The van der Waals surface area contributed by atoms with E-state index < -0.39 is 5.97 Å². The molecule has 0 saturated carbocycles. The lowest BCUT2D eigenvalue weighted by atomic mass is 10.1. The number of Topliss-reactive ketones (excluding diaryl/α,β-unsaturated/α-hetero) is 1. The fourth-order valence-corrected chi connectivity index (χ4v) is 3.77. The fourth-order valence-electron chi connectivity index (χ4n) is 3.77. The molecular formula is C25H25NO5. The molecule has 0 unspecified atom stereocenters. The minimum Gasteiger partial charge on any atom is -0.486 e. The van der Waals surface area contributed by atoms with Crippen molar-refractivity contribution in [2.75, 3.05) is 19.8 Å². The second kappa shape index (κ2) is 8.30. The number of ketones is 1. The lowest BCUT2D eigenvalue weighted by Crippen LogP contribution is -2.17. The van der Waals surface area contributed by atoms with Crippen LogP contribution in [0.4, 0.5) is 0 Å². The highest BCUT2D eigenvalue weighted by atomic mass is 16.6. The van der Waals surface area contributed by atoms with E-state index in [9.17, 15) is 9.59 Å². The third-order valence-electron chi connectivity index (χ3n) is 5.59. The van der Waals surface area contributed by atoms with Gasteiger partial charge in [-0.2, -0.15) is 0 Å². The van der Waals surface area contributed by atoms with Gasteiger partial charge in [0.25, 0.3) is 0 Å². The van der Waals surface area contributed by atoms with Crippen molar-refractivity contribution in [1.82, 2.24) is 4.57 Å². The predicted molar refractivity (Wildman–Crippen MR) is 117 cm³/mol. The van der Waals surface area contributed by atoms with Crippen molar-refractivity contribution in [2.45, 2.75) is 27.7 Å². The van der Waals surface area contributed by atoms with Crippen LogP contribution >= 0.6 is 0 Å². The van der Waals surface area contributed by atoms with Crippen LogP contribution in [0.3, 0.4) is 0 Å². The summed E-state index contributed by atoms with van der Waals surface area (Å²) in [5.41, 5.74) is 6.04. The Kier molecular flexibility index (Phi) is 5.55. The molecule has 2 heterocycles. The summed E-state index contributed by atoms with van der Waals surface area (Å²) in [5, 5.41) is 0. The van der Waals surface area contributed by atoms with E-state index >= 15 is 0 Å². The molecule has 0 spiro atoms. The summed E-state index contributed by atoms with van der Waals surface area (Å²) >= 11 is 0. The summed E-state index contributed by atoms with van der Waals surface area (Å²) in [7, 11) is 0. The van der Waals surface area contributed by atoms with Gasteiger partial charge in [0.15, 0.2) is 18.1 Å². The standard InChI is InChI=1S/C25H25NO5/c1-15-5-7-20(11-16(15)2)26-17(3)12-21(18(26)4)22(27)14-31-25(28)19-6-8-23-24(13-19)30-10-9-29-23/h5-8,11-13H,9-10,14H2,1-4H3. The maximum absolute atomic E-state index is 12.8. The lowest BCUT2D eigenvalue weighted by molar-refractivity contribution is 0.0473. The van der Waals surface area contributed by atoms with Crippen LogP contribution in [0.15, 0.2) is 42.5 Å². The second-order valence-electron chi connectivity index (χ2n) is 7.75. The summed E-state index contributed by atoms with van der Waals surface area (Å²) in [5.74, 6) is 0.281. The number of aromatic nitrogens is 1. The predicted octanol–water partition coefficient (Wildman–Crippen LogP) is 4.52. The zero-order chi connectivity index (χ0) is 22.1. The van der Waals surface area contributed by atoms with Crippen molar-refractivity contribution >= 4 is 11.8 Å². The Labute approximate surface area is 181 Å². The first-order chi connectivity index (χ1) is 14.8. The van der Waals surface area contributed by atoms with Crippen LogP contribution in [0.1, 0.15) is 43.2 Å². The molecule has 6 nitrogen and oxygen atoms in total. The Hall–Kier alpha value is -3.54. The van der Waals surface area contributed by atoms with E-state index in [0.29, 0.717) is 35.8 Å². The zero-order valence-electron chi connectivity index (χ0n) is 18.2. The topological polar surface area (TPSA) is 66.8 Å². The maximum Gasteiger partial charge on any atom is 0.338 e. The molecule has 2 aromatic carbocycles. The molecule has 0 saturated heterocycles. The first kappa shape index (κ1) is 20.7. The number of benzene rings is 2. The molecule has 3 aromatic rings. The number of hydrogen-bond donors (Lipinski definition) is 0. The van der Waals surface area contributed by atoms with Gasteiger partial charge in [0.05, 0.1) is 5.56 Å². The van der Waals surface area contributed by atoms with Gasteiger partial charge in [0, 0.05) is 22.6 Å². The van der Waals surface area contributed by atoms with E-state index in [1.807, 2.05) is 30.5 Å². The molecule has 1 aromatic heterocycles.